The third-order valence-corrected chi connectivity index (χ3v) is 3.71. The first kappa shape index (κ1) is 19.5. The van der Waals surface area contributed by atoms with Crippen LogP contribution in [0.2, 0.25) is 5.02 Å². The number of primary sulfonamides is 1. The standard InChI is InChI=1S/C14H23ClN4O3S/c1-3-17-14(18-8-9-23(16,20)21)19-10-11(2)22-13-6-4-12(15)5-7-13/h4-7,11H,3,8-10H2,1-2H3,(H2,16,20,21)(H2,17,18,19). The van der Waals surface area contributed by atoms with E-state index in [1.165, 1.54) is 0 Å². The minimum Gasteiger partial charge on any atom is -0.489 e. The zero-order chi connectivity index (χ0) is 17.3. The molecule has 0 radical (unpaired) electrons. The second-order valence-corrected chi connectivity index (χ2v) is 7.07. The highest BCUT2D eigenvalue weighted by atomic mass is 35.5. The molecule has 7 nitrogen and oxygen atoms in total. The predicted octanol–water partition coefficient (Wildman–Crippen LogP) is 0.951. The second kappa shape index (κ2) is 9.59. The molecule has 0 spiro atoms. The highest BCUT2D eigenvalue weighted by Gasteiger charge is 2.06. The van der Waals surface area contributed by atoms with Crippen LogP contribution >= 0.6 is 11.6 Å². The summed E-state index contributed by atoms with van der Waals surface area (Å²) in [6.45, 7) is 5.08. The van der Waals surface area contributed by atoms with E-state index in [1.54, 1.807) is 24.3 Å². The molecule has 9 heteroatoms. The van der Waals surface area contributed by atoms with E-state index in [0.29, 0.717) is 29.8 Å². The zero-order valence-electron chi connectivity index (χ0n) is 13.3. The maximum atomic E-state index is 10.9. The molecule has 0 bridgehead atoms. The predicted molar refractivity (Wildman–Crippen MR) is 93.5 cm³/mol. The lowest BCUT2D eigenvalue weighted by Gasteiger charge is -2.15. The van der Waals surface area contributed by atoms with Gasteiger partial charge in [-0.1, -0.05) is 11.6 Å². The van der Waals surface area contributed by atoms with Crippen LogP contribution in [0, 0.1) is 0 Å². The van der Waals surface area contributed by atoms with Crippen LogP contribution in [0.25, 0.3) is 0 Å². The summed E-state index contributed by atoms with van der Waals surface area (Å²) in [7, 11) is -3.49. The second-order valence-electron chi connectivity index (χ2n) is 4.90. The number of hydrogen-bond acceptors (Lipinski definition) is 4. The molecule has 23 heavy (non-hydrogen) atoms. The van der Waals surface area contributed by atoms with E-state index in [2.05, 4.69) is 15.6 Å². The van der Waals surface area contributed by atoms with Crippen molar-refractivity contribution < 1.29 is 13.2 Å². The largest absolute Gasteiger partial charge is 0.489 e. The molecule has 0 amide bonds. The fourth-order valence-corrected chi connectivity index (χ4v) is 2.17. The van der Waals surface area contributed by atoms with Crippen LogP contribution < -0.4 is 20.5 Å². The van der Waals surface area contributed by atoms with E-state index < -0.39 is 10.0 Å². The molecular weight excluding hydrogens is 340 g/mol. The number of nitrogens with two attached hydrogens (primary N) is 1. The third-order valence-electron chi connectivity index (χ3n) is 2.68. The Labute approximate surface area is 142 Å². The average Bonchev–Trinajstić information content (AvgIpc) is 2.46. The monoisotopic (exact) mass is 362 g/mol. The van der Waals surface area contributed by atoms with Gasteiger partial charge in [-0.2, -0.15) is 0 Å². The minimum atomic E-state index is -3.49. The van der Waals surface area contributed by atoms with Crippen LogP contribution in [0.4, 0.5) is 0 Å². The van der Waals surface area contributed by atoms with E-state index in [0.717, 1.165) is 0 Å². The number of aliphatic imine (C=N–C) groups is 1. The fourth-order valence-electron chi connectivity index (χ4n) is 1.66. The molecule has 1 aromatic carbocycles. The van der Waals surface area contributed by atoms with Crippen LogP contribution in [0.15, 0.2) is 29.3 Å². The van der Waals surface area contributed by atoms with Gasteiger partial charge < -0.3 is 15.4 Å². The lowest BCUT2D eigenvalue weighted by Crippen LogP contribution is -2.40. The molecule has 130 valence electrons. The molecule has 1 unspecified atom stereocenters. The van der Waals surface area contributed by atoms with E-state index >= 15 is 0 Å². The van der Waals surface area contributed by atoms with Crippen LogP contribution in [0.5, 0.6) is 5.75 Å². The highest BCUT2D eigenvalue weighted by Crippen LogP contribution is 2.16. The van der Waals surface area contributed by atoms with E-state index in [4.69, 9.17) is 21.5 Å². The van der Waals surface area contributed by atoms with Crippen molar-refractivity contribution in [1.82, 2.24) is 10.6 Å². The summed E-state index contributed by atoms with van der Waals surface area (Å²) < 4.78 is 27.5. The number of sulfonamides is 1. The summed E-state index contributed by atoms with van der Waals surface area (Å²) in [5.41, 5.74) is 0. The maximum Gasteiger partial charge on any atom is 0.210 e. The maximum absolute atomic E-state index is 10.9. The summed E-state index contributed by atoms with van der Waals surface area (Å²) in [6.07, 6.45) is -0.148. The first-order valence-corrected chi connectivity index (χ1v) is 9.34. The number of nitrogens with zero attached hydrogens (tertiary/aromatic N) is 1. The van der Waals surface area contributed by atoms with Crippen molar-refractivity contribution in [3.8, 4) is 5.75 Å². The van der Waals surface area contributed by atoms with Gasteiger partial charge in [0.25, 0.3) is 0 Å². The fraction of sp³-hybridized carbons (Fsp3) is 0.500. The van der Waals surface area contributed by atoms with Crippen molar-refractivity contribution in [2.75, 3.05) is 25.4 Å². The van der Waals surface area contributed by atoms with Gasteiger partial charge in [0.2, 0.25) is 10.0 Å². The van der Waals surface area contributed by atoms with Gasteiger partial charge in [0, 0.05) is 18.1 Å². The van der Waals surface area contributed by atoms with Gasteiger partial charge in [0.05, 0.1) is 12.3 Å². The Morgan fingerprint density at radius 2 is 2.00 bits per heavy atom. The molecule has 0 saturated carbocycles. The molecule has 1 atom stereocenters. The number of rotatable bonds is 8. The topological polar surface area (TPSA) is 106 Å². The summed E-state index contributed by atoms with van der Waals surface area (Å²) >= 11 is 5.82. The van der Waals surface area contributed by atoms with E-state index in [9.17, 15) is 8.42 Å². The van der Waals surface area contributed by atoms with Crippen molar-refractivity contribution >= 4 is 27.6 Å². The Kier molecular flexibility index (Phi) is 8.15. The van der Waals surface area contributed by atoms with Gasteiger partial charge in [-0.15, -0.1) is 0 Å². The Morgan fingerprint density at radius 3 is 2.57 bits per heavy atom. The number of guanidine groups is 1. The molecule has 0 heterocycles. The number of benzene rings is 1. The first-order chi connectivity index (χ1) is 10.8. The van der Waals surface area contributed by atoms with Crippen LogP contribution in [-0.2, 0) is 10.0 Å². The van der Waals surface area contributed by atoms with Gasteiger partial charge in [0.15, 0.2) is 5.96 Å². The van der Waals surface area contributed by atoms with Crippen LogP contribution in [-0.4, -0.2) is 45.9 Å². The number of nitrogens with one attached hydrogen (secondary N) is 2. The molecular formula is C14H23ClN4O3S. The lowest BCUT2D eigenvalue weighted by molar-refractivity contribution is 0.230. The summed E-state index contributed by atoms with van der Waals surface area (Å²) in [4.78, 5) is 4.35. The number of hydrogen-bond donors (Lipinski definition) is 3. The van der Waals surface area contributed by atoms with Gasteiger partial charge in [-0.25, -0.2) is 18.5 Å². The van der Waals surface area contributed by atoms with E-state index in [-0.39, 0.29) is 18.4 Å². The molecule has 0 aromatic heterocycles. The molecule has 0 aliphatic rings. The van der Waals surface area contributed by atoms with Gasteiger partial charge >= 0.3 is 0 Å². The van der Waals surface area contributed by atoms with Gasteiger partial charge in [-0.05, 0) is 38.1 Å². The Morgan fingerprint density at radius 1 is 1.35 bits per heavy atom. The zero-order valence-corrected chi connectivity index (χ0v) is 14.8. The van der Waals surface area contributed by atoms with Crippen LogP contribution in [0.1, 0.15) is 13.8 Å². The lowest BCUT2D eigenvalue weighted by atomic mass is 10.3. The van der Waals surface area contributed by atoms with Gasteiger partial charge in [0.1, 0.15) is 11.9 Å². The third kappa shape index (κ3) is 9.27. The molecule has 0 fully saturated rings. The Bertz CT molecular complexity index is 605. The van der Waals surface area contributed by atoms with Crippen molar-refractivity contribution in [1.29, 1.82) is 0 Å². The smallest absolute Gasteiger partial charge is 0.210 e. The van der Waals surface area contributed by atoms with Crippen molar-refractivity contribution in [2.45, 2.75) is 20.0 Å². The van der Waals surface area contributed by atoms with Crippen LogP contribution in [0.3, 0.4) is 0 Å². The molecule has 0 aliphatic carbocycles. The molecule has 0 saturated heterocycles. The normalized spacial score (nSPS) is 13.5. The first-order valence-electron chi connectivity index (χ1n) is 7.25. The van der Waals surface area contributed by atoms with Crippen molar-refractivity contribution in [3.63, 3.8) is 0 Å². The summed E-state index contributed by atoms with van der Waals surface area (Å²) in [5.74, 6) is 1.07. The molecule has 4 N–H and O–H groups in total. The van der Waals surface area contributed by atoms with Crippen molar-refractivity contribution in [2.24, 2.45) is 10.1 Å². The molecule has 1 rings (SSSR count). The van der Waals surface area contributed by atoms with Gasteiger partial charge in [-0.3, -0.25) is 0 Å². The summed E-state index contributed by atoms with van der Waals surface area (Å²) in [5, 5.41) is 11.5. The number of ether oxygens (including phenoxy) is 1. The average molecular weight is 363 g/mol. The van der Waals surface area contributed by atoms with Crippen molar-refractivity contribution in [3.05, 3.63) is 29.3 Å². The Hall–Kier alpha value is -1.51. The SMILES string of the molecule is CCNC(=NCC(C)Oc1ccc(Cl)cc1)NCCS(N)(=O)=O. The molecule has 1 aromatic rings. The highest BCUT2D eigenvalue weighted by molar-refractivity contribution is 7.89. The minimum absolute atomic E-state index is 0.148. The Balaban J connectivity index is 2.49. The van der Waals surface area contributed by atoms with E-state index in [1.807, 2.05) is 13.8 Å². The molecule has 0 aliphatic heterocycles. The summed E-state index contributed by atoms with van der Waals surface area (Å²) in [6, 6.07) is 7.09. The quantitative estimate of drug-likeness (QED) is 0.471. The number of halogens is 1.